The number of fused-ring (bicyclic) bond motifs is 1. The SMILES string of the molecule is Cc1c(CN2Cc3ccnn3CC[C@H]2COCC2CC2)cnn1C. The lowest BCUT2D eigenvalue weighted by Crippen LogP contribution is -2.37. The molecule has 0 spiro atoms. The average Bonchev–Trinajstić information content (AvgIpc) is 3.26. The van der Waals surface area contributed by atoms with Gasteiger partial charge in [-0.2, -0.15) is 10.2 Å². The molecule has 2 aliphatic rings. The number of nitrogens with zero attached hydrogens (tertiary/aromatic N) is 5. The molecule has 2 aromatic heterocycles. The third-order valence-corrected chi connectivity index (χ3v) is 5.43. The first-order valence-corrected chi connectivity index (χ1v) is 9.00. The minimum absolute atomic E-state index is 0.435. The van der Waals surface area contributed by atoms with Gasteiger partial charge >= 0.3 is 0 Å². The van der Waals surface area contributed by atoms with E-state index < -0.39 is 0 Å². The Morgan fingerprint density at radius 2 is 2.08 bits per heavy atom. The van der Waals surface area contributed by atoms with E-state index in [1.54, 1.807) is 0 Å². The maximum atomic E-state index is 6.04. The third-order valence-electron chi connectivity index (χ3n) is 5.43. The van der Waals surface area contributed by atoms with Crippen molar-refractivity contribution in [2.45, 2.75) is 51.9 Å². The first-order valence-electron chi connectivity index (χ1n) is 9.00. The summed E-state index contributed by atoms with van der Waals surface area (Å²) in [7, 11) is 2.01. The minimum Gasteiger partial charge on any atom is -0.380 e. The molecule has 24 heavy (non-hydrogen) atoms. The molecule has 1 atom stereocenters. The van der Waals surface area contributed by atoms with Crippen molar-refractivity contribution in [1.29, 1.82) is 0 Å². The largest absolute Gasteiger partial charge is 0.380 e. The molecule has 1 saturated carbocycles. The summed E-state index contributed by atoms with van der Waals surface area (Å²) in [6, 6.07) is 2.57. The molecule has 0 amide bonds. The van der Waals surface area contributed by atoms with Gasteiger partial charge in [0, 0.05) is 56.8 Å². The third kappa shape index (κ3) is 3.39. The van der Waals surface area contributed by atoms with E-state index in [1.165, 1.54) is 29.8 Å². The van der Waals surface area contributed by atoms with Gasteiger partial charge in [-0.25, -0.2) is 0 Å². The van der Waals surface area contributed by atoms with Crippen LogP contribution in [0, 0.1) is 12.8 Å². The van der Waals surface area contributed by atoms with Crippen molar-refractivity contribution in [3.05, 3.63) is 35.4 Å². The van der Waals surface area contributed by atoms with Crippen molar-refractivity contribution in [3.63, 3.8) is 0 Å². The highest BCUT2D eigenvalue weighted by Crippen LogP contribution is 2.29. The summed E-state index contributed by atoms with van der Waals surface area (Å²) in [5.74, 6) is 0.820. The molecule has 0 saturated heterocycles. The van der Waals surface area contributed by atoms with Crippen molar-refractivity contribution in [3.8, 4) is 0 Å². The fraction of sp³-hybridized carbons (Fsp3) is 0.667. The zero-order valence-corrected chi connectivity index (χ0v) is 14.7. The second kappa shape index (κ2) is 6.69. The van der Waals surface area contributed by atoms with Gasteiger partial charge in [-0.3, -0.25) is 14.3 Å². The first kappa shape index (κ1) is 15.8. The Bertz CT molecular complexity index is 687. The predicted molar refractivity (Wildman–Crippen MR) is 91.4 cm³/mol. The molecule has 6 heteroatoms. The monoisotopic (exact) mass is 329 g/mol. The topological polar surface area (TPSA) is 48.1 Å². The second-order valence-electron chi connectivity index (χ2n) is 7.25. The van der Waals surface area contributed by atoms with Crippen LogP contribution in [0.3, 0.4) is 0 Å². The standard InChI is InChI=1S/C18H27N5O/c1-14-16(9-20-21(14)2)10-22-11-17-5-7-19-23(17)8-6-18(22)13-24-12-15-3-4-15/h5,7,9,15,18H,3-4,6,8,10-13H2,1-2H3/t18-/m0/s1. The minimum atomic E-state index is 0.435. The van der Waals surface area contributed by atoms with E-state index in [1.807, 2.05) is 24.1 Å². The first-order chi connectivity index (χ1) is 11.7. The molecule has 0 bridgehead atoms. The smallest absolute Gasteiger partial charge is 0.0622 e. The van der Waals surface area contributed by atoms with Crippen molar-refractivity contribution in [2.75, 3.05) is 13.2 Å². The maximum absolute atomic E-state index is 6.04. The molecule has 3 heterocycles. The van der Waals surface area contributed by atoms with Crippen LogP contribution in [0.1, 0.15) is 36.2 Å². The van der Waals surface area contributed by atoms with Crippen molar-refractivity contribution in [1.82, 2.24) is 24.5 Å². The van der Waals surface area contributed by atoms with Crippen LogP contribution in [0.25, 0.3) is 0 Å². The fourth-order valence-electron chi connectivity index (χ4n) is 3.43. The van der Waals surface area contributed by atoms with E-state index >= 15 is 0 Å². The van der Waals surface area contributed by atoms with Gasteiger partial charge < -0.3 is 4.74 Å². The Labute approximate surface area is 143 Å². The van der Waals surface area contributed by atoms with E-state index in [-0.39, 0.29) is 0 Å². The summed E-state index contributed by atoms with van der Waals surface area (Å²) in [6.07, 6.45) is 7.68. The molecular weight excluding hydrogens is 302 g/mol. The summed E-state index contributed by atoms with van der Waals surface area (Å²) in [6.45, 7) is 6.71. The lowest BCUT2D eigenvalue weighted by atomic mass is 10.1. The summed E-state index contributed by atoms with van der Waals surface area (Å²) < 4.78 is 10.1. The van der Waals surface area contributed by atoms with Gasteiger partial charge in [-0.1, -0.05) is 0 Å². The van der Waals surface area contributed by atoms with E-state index in [0.717, 1.165) is 45.2 Å². The van der Waals surface area contributed by atoms with Crippen LogP contribution in [-0.4, -0.2) is 43.7 Å². The van der Waals surface area contributed by atoms with Crippen LogP contribution in [0.4, 0.5) is 0 Å². The zero-order chi connectivity index (χ0) is 16.5. The Balaban J connectivity index is 1.48. The molecule has 0 aromatic carbocycles. The van der Waals surface area contributed by atoms with Crippen LogP contribution < -0.4 is 0 Å². The van der Waals surface area contributed by atoms with Gasteiger partial charge in [0.05, 0.1) is 18.5 Å². The average molecular weight is 329 g/mol. The molecule has 0 unspecified atom stereocenters. The van der Waals surface area contributed by atoms with E-state index in [0.29, 0.717) is 6.04 Å². The predicted octanol–water partition coefficient (Wildman–Crippen LogP) is 2.13. The quantitative estimate of drug-likeness (QED) is 0.814. The molecule has 1 fully saturated rings. The van der Waals surface area contributed by atoms with Crippen LogP contribution in [-0.2, 0) is 31.4 Å². The Morgan fingerprint density at radius 3 is 2.83 bits per heavy atom. The maximum Gasteiger partial charge on any atom is 0.0622 e. The highest BCUT2D eigenvalue weighted by Gasteiger charge is 2.27. The van der Waals surface area contributed by atoms with Gasteiger partial charge in [0.15, 0.2) is 0 Å². The number of aryl methyl sites for hydroxylation is 2. The normalized spacial score (nSPS) is 21.7. The summed E-state index contributed by atoms with van der Waals surface area (Å²) in [4.78, 5) is 2.54. The number of aromatic nitrogens is 4. The van der Waals surface area contributed by atoms with Gasteiger partial charge in [-0.05, 0) is 38.2 Å². The summed E-state index contributed by atoms with van der Waals surface area (Å²) in [5.41, 5.74) is 3.84. The molecule has 1 aliphatic heterocycles. The molecule has 6 nitrogen and oxygen atoms in total. The molecule has 0 radical (unpaired) electrons. The molecule has 0 N–H and O–H groups in total. The van der Waals surface area contributed by atoms with E-state index in [9.17, 15) is 0 Å². The number of hydrogen-bond donors (Lipinski definition) is 0. The molecule has 130 valence electrons. The lowest BCUT2D eigenvalue weighted by Gasteiger charge is -2.29. The lowest BCUT2D eigenvalue weighted by molar-refractivity contribution is 0.0449. The van der Waals surface area contributed by atoms with E-state index in [2.05, 4.69) is 32.8 Å². The fourth-order valence-corrected chi connectivity index (χ4v) is 3.43. The summed E-state index contributed by atoms with van der Waals surface area (Å²) >= 11 is 0. The van der Waals surface area contributed by atoms with Crippen LogP contribution in [0.2, 0.25) is 0 Å². The van der Waals surface area contributed by atoms with Crippen molar-refractivity contribution in [2.24, 2.45) is 13.0 Å². The van der Waals surface area contributed by atoms with Gasteiger partial charge in [0.2, 0.25) is 0 Å². The highest BCUT2D eigenvalue weighted by molar-refractivity contribution is 5.16. The molecule has 1 aliphatic carbocycles. The Kier molecular flexibility index (Phi) is 4.41. The number of hydrogen-bond acceptors (Lipinski definition) is 4. The van der Waals surface area contributed by atoms with E-state index in [4.69, 9.17) is 4.74 Å². The van der Waals surface area contributed by atoms with Crippen LogP contribution in [0.15, 0.2) is 18.5 Å². The molecular formula is C18H27N5O. The number of ether oxygens (including phenoxy) is 1. The van der Waals surface area contributed by atoms with Crippen LogP contribution >= 0.6 is 0 Å². The van der Waals surface area contributed by atoms with Gasteiger partial charge in [0.25, 0.3) is 0 Å². The van der Waals surface area contributed by atoms with Gasteiger partial charge in [0.1, 0.15) is 0 Å². The second-order valence-corrected chi connectivity index (χ2v) is 7.25. The molecule has 4 rings (SSSR count). The molecule has 2 aromatic rings. The van der Waals surface area contributed by atoms with Crippen molar-refractivity contribution < 1.29 is 4.74 Å². The zero-order valence-electron chi connectivity index (χ0n) is 14.7. The Morgan fingerprint density at radius 1 is 1.21 bits per heavy atom. The van der Waals surface area contributed by atoms with Gasteiger partial charge in [-0.15, -0.1) is 0 Å². The highest BCUT2D eigenvalue weighted by atomic mass is 16.5. The van der Waals surface area contributed by atoms with Crippen LogP contribution in [0.5, 0.6) is 0 Å². The van der Waals surface area contributed by atoms with Crippen molar-refractivity contribution >= 4 is 0 Å². The Hall–Kier alpha value is -1.66. The summed E-state index contributed by atoms with van der Waals surface area (Å²) in [5, 5.41) is 8.86. The number of rotatable bonds is 6.